The summed E-state index contributed by atoms with van der Waals surface area (Å²) >= 11 is 0. The molecule has 0 atom stereocenters. The molecule has 0 unspecified atom stereocenters. The van der Waals surface area contributed by atoms with E-state index in [0.717, 1.165) is 36.2 Å². The summed E-state index contributed by atoms with van der Waals surface area (Å²) in [5, 5.41) is 7.77. The highest BCUT2D eigenvalue weighted by Gasteiger charge is 2.30. The number of nitrogens with one attached hydrogen (secondary N) is 1. The number of hydrogen-bond donors (Lipinski definition) is 1. The number of para-hydroxylation sites is 1. The van der Waals surface area contributed by atoms with Crippen LogP contribution in [0.15, 0.2) is 53.4 Å². The maximum absolute atomic E-state index is 13.3. The number of carbonyl (C=O) groups excluding carboxylic acids is 1. The quantitative estimate of drug-likeness (QED) is 0.539. The van der Waals surface area contributed by atoms with Crippen molar-refractivity contribution in [3.05, 3.63) is 65.4 Å². The Balaban J connectivity index is 1.40. The first-order valence-electron chi connectivity index (χ1n) is 11.7. The van der Waals surface area contributed by atoms with Gasteiger partial charge in [-0.15, -0.1) is 0 Å². The topological polar surface area (TPSA) is 103 Å². The molecule has 1 N–H and O–H groups in total. The van der Waals surface area contributed by atoms with Gasteiger partial charge in [-0.1, -0.05) is 24.3 Å². The first-order valence-corrected chi connectivity index (χ1v) is 13.1. The fourth-order valence-corrected chi connectivity index (χ4v) is 6.21. The Morgan fingerprint density at radius 2 is 1.89 bits per heavy atom. The third kappa shape index (κ3) is 4.69. The zero-order chi connectivity index (χ0) is 24.4. The minimum atomic E-state index is -3.78. The van der Waals surface area contributed by atoms with Crippen molar-refractivity contribution < 1.29 is 22.7 Å². The van der Waals surface area contributed by atoms with Gasteiger partial charge in [0.25, 0.3) is 0 Å². The number of methoxy groups -OCH3 is 1. The van der Waals surface area contributed by atoms with Crippen LogP contribution in [0.25, 0.3) is 5.69 Å². The molecule has 2 aromatic carbocycles. The van der Waals surface area contributed by atoms with Crippen LogP contribution >= 0.6 is 0 Å². The van der Waals surface area contributed by atoms with E-state index in [4.69, 9.17) is 14.6 Å². The normalized spacial score (nSPS) is 16.1. The van der Waals surface area contributed by atoms with Crippen LogP contribution < -0.4 is 10.1 Å². The van der Waals surface area contributed by atoms with Crippen molar-refractivity contribution in [1.29, 1.82) is 0 Å². The molecule has 0 bridgehead atoms. The molecular formula is C25H28N4O5S. The molecule has 3 aromatic rings. The summed E-state index contributed by atoms with van der Waals surface area (Å²) in [7, 11) is -2.35. The average molecular weight is 497 g/mol. The van der Waals surface area contributed by atoms with E-state index < -0.39 is 10.0 Å². The lowest BCUT2D eigenvalue weighted by Gasteiger charge is -2.26. The number of anilines is 1. The second-order valence-electron chi connectivity index (χ2n) is 8.60. The number of amides is 1. The predicted octanol–water partition coefficient (Wildman–Crippen LogP) is 2.57. The highest BCUT2D eigenvalue weighted by atomic mass is 32.2. The zero-order valence-electron chi connectivity index (χ0n) is 19.6. The molecule has 9 nitrogen and oxygen atoms in total. The first-order chi connectivity index (χ1) is 17.0. The summed E-state index contributed by atoms with van der Waals surface area (Å²) in [5.74, 6) is 0.695. The Hall–Kier alpha value is -3.21. The number of carbonyl (C=O) groups is 1. The van der Waals surface area contributed by atoms with Gasteiger partial charge < -0.3 is 14.8 Å². The smallest absolute Gasteiger partial charge is 0.246 e. The second-order valence-corrected chi connectivity index (χ2v) is 10.5. The molecule has 1 fully saturated rings. The fraction of sp³-hybridized carbons (Fsp3) is 0.360. The molecule has 2 aliphatic rings. The van der Waals surface area contributed by atoms with Crippen molar-refractivity contribution in [2.75, 3.05) is 38.7 Å². The Morgan fingerprint density at radius 1 is 1.11 bits per heavy atom. The predicted molar refractivity (Wildman–Crippen MR) is 130 cm³/mol. The number of sulfonamides is 1. The van der Waals surface area contributed by atoms with E-state index in [0.29, 0.717) is 24.6 Å². The lowest BCUT2D eigenvalue weighted by Crippen LogP contribution is -2.40. The molecule has 10 heteroatoms. The molecule has 0 radical (unpaired) electrons. The molecule has 1 aliphatic carbocycles. The lowest BCUT2D eigenvalue weighted by atomic mass is 10.1. The van der Waals surface area contributed by atoms with Crippen molar-refractivity contribution in [2.24, 2.45) is 0 Å². The maximum atomic E-state index is 13.3. The van der Waals surface area contributed by atoms with E-state index in [2.05, 4.69) is 5.32 Å². The highest BCUT2D eigenvalue weighted by Crippen LogP contribution is 2.32. The minimum absolute atomic E-state index is 0.0182. The number of nitrogens with zero attached hydrogens (tertiary/aromatic N) is 3. The van der Waals surface area contributed by atoms with Gasteiger partial charge in [-0.2, -0.15) is 9.40 Å². The van der Waals surface area contributed by atoms with Gasteiger partial charge in [0.2, 0.25) is 15.9 Å². The Labute approximate surface area is 204 Å². The Morgan fingerprint density at radius 3 is 2.63 bits per heavy atom. The van der Waals surface area contributed by atoms with Crippen LogP contribution in [0.3, 0.4) is 0 Å². The molecule has 0 spiro atoms. The third-order valence-electron chi connectivity index (χ3n) is 6.35. The summed E-state index contributed by atoms with van der Waals surface area (Å²) in [5.41, 5.74) is 3.53. The van der Waals surface area contributed by atoms with Gasteiger partial charge in [-0.3, -0.25) is 4.79 Å². The monoisotopic (exact) mass is 496 g/mol. The summed E-state index contributed by atoms with van der Waals surface area (Å²) in [6.45, 7) is 1.27. The van der Waals surface area contributed by atoms with E-state index in [9.17, 15) is 13.2 Å². The van der Waals surface area contributed by atoms with Gasteiger partial charge in [0, 0.05) is 18.7 Å². The molecule has 5 rings (SSSR count). The van der Waals surface area contributed by atoms with Crippen LogP contribution in [-0.2, 0) is 38.8 Å². The molecule has 184 valence electrons. The van der Waals surface area contributed by atoms with Crippen LogP contribution in [0.1, 0.15) is 23.2 Å². The van der Waals surface area contributed by atoms with Crippen molar-refractivity contribution in [1.82, 2.24) is 14.1 Å². The maximum Gasteiger partial charge on any atom is 0.246 e. The van der Waals surface area contributed by atoms with Gasteiger partial charge in [0.1, 0.15) is 16.5 Å². The molecule has 1 aliphatic heterocycles. The van der Waals surface area contributed by atoms with Crippen LogP contribution in [-0.4, -0.2) is 61.8 Å². The van der Waals surface area contributed by atoms with Gasteiger partial charge in [0.05, 0.1) is 38.1 Å². The summed E-state index contributed by atoms with van der Waals surface area (Å²) in [6, 6.07) is 14.5. The molecule has 0 saturated carbocycles. The molecule has 2 heterocycles. The summed E-state index contributed by atoms with van der Waals surface area (Å²) < 4.78 is 40.3. The van der Waals surface area contributed by atoms with Gasteiger partial charge in [-0.25, -0.2) is 13.1 Å². The third-order valence-corrected chi connectivity index (χ3v) is 8.27. The van der Waals surface area contributed by atoms with E-state index in [1.807, 2.05) is 30.3 Å². The van der Waals surface area contributed by atoms with E-state index in [1.54, 1.807) is 16.8 Å². The van der Waals surface area contributed by atoms with Crippen molar-refractivity contribution in [3.8, 4) is 11.4 Å². The van der Waals surface area contributed by atoms with E-state index in [1.165, 1.54) is 17.5 Å². The highest BCUT2D eigenvalue weighted by molar-refractivity contribution is 7.89. The van der Waals surface area contributed by atoms with E-state index in [-0.39, 0.29) is 36.1 Å². The minimum Gasteiger partial charge on any atom is -0.495 e. The molecule has 1 amide bonds. The summed E-state index contributed by atoms with van der Waals surface area (Å²) in [6.07, 6.45) is 2.78. The fourth-order valence-electron chi connectivity index (χ4n) is 4.60. The largest absolute Gasteiger partial charge is 0.495 e. The number of rotatable bonds is 7. The van der Waals surface area contributed by atoms with E-state index >= 15 is 0 Å². The van der Waals surface area contributed by atoms with Gasteiger partial charge >= 0.3 is 0 Å². The number of hydrogen-bond acceptors (Lipinski definition) is 6. The Kier molecular flexibility index (Phi) is 6.59. The summed E-state index contributed by atoms with van der Waals surface area (Å²) in [4.78, 5) is 13.2. The standard InChI is InChI=1S/C25H28N4O5S/c1-33-22-11-10-18(16-23(22)35(31,32)28-12-14-34-15-13-28)17-24(30)26-25-20-8-5-9-21(20)27-29(25)19-6-3-2-4-7-19/h2-4,6-7,10-11,16H,5,8-9,12-15,17H2,1H3,(H,26,30). The number of aryl methyl sites for hydroxylation is 1. The Bertz CT molecular complexity index is 1330. The number of aromatic nitrogens is 2. The molecule has 1 aromatic heterocycles. The second kappa shape index (κ2) is 9.80. The molecule has 1 saturated heterocycles. The van der Waals surface area contributed by atoms with Crippen LogP contribution in [0.2, 0.25) is 0 Å². The number of ether oxygens (including phenoxy) is 2. The average Bonchev–Trinajstić information content (AvgIpc) is 3.48. The first kappa shape index (κ1) is 23.5. The van der Waals surface area contributed by atoms with Crippen molar-refractivity contribution in [3.63, 3.8) is 0 Å². The van der Waals surface area contributed by atoms with Crippen LogP contribution in [0, 0.1) is 0 Å². The number of morpholine rings is 1. The number of fused-ring (bicyclic) bond motifs is 1. The molecule has 35 heavy (non-hydrogen) atoms. The SMILES string of the molecule is COc1ccc(CC(=O)Nc2c3c(nn2-c2ccccc2)CCC3)cc1S(=O)(=O)N1CCOCC1. The zero-order valence-corrected chi connectivity index (χ0v) is 20.4. The number of benzene rings is 2. The van der Waals surface area contributed by atoms with Crippen molar-refractivity contribution >= 4 is 21.7 Å². The van der Waals surface area contributed by atoms with Gasteiger partial charge in [-0.05, 0) is 49.1 Å². The van der Waals surface area contributed by atoms with Gasteiger partial charge in [0.15, 0.2) is 0 Å². The lowest BCUT2D eigenvalue weighted by molar-refractivity contribution is -0.115. The molecular weight excluding hydrogens is 468 g/mol. The van der Waals surface area contributed by atoms with Crippen molar-refractivity contribution in [2.45, 2.75) is 30.6 Å². The van der Waals surface area contributed by atoms with Crippen LogP contribution in [0.5, 0.6) is 5.75 Å². The van der Waals surface area contributed by atoms with Crippen LogP contribution in [0.4, 0.5) is 5.82 Å².